The molecule has 0 amide bonds. The molecule has 0 spiro atoms. The number of nitrogens with zero attached hydrogens (tertiary/aromatic N) is 1. The molecule has 3 nitrogen and oxygen atoms in total. The quantitative estimate of drug-likeness (QED) is 0.802. The summed E-state index contributed by atoms with van der Waals surface area (Å²) < 4.78 is 2.11. The third kappa shape index (κ3) is 2.16. The molecular formula is C11H17NO2. The highest BCUT2D eigenvalue weighted by molar-refractivity contribution is 5.67. The minimum absolute atomic E-state index is 0.0856. The lowest BCUT2D eigenvalue weighted by atomic mass is 10.1. The van der Waals surface area contributed by atoms with E-state index in [1.165, 1.54) is 0 Å². The number of rotatable bonds is 4. The van der Waals surface area contributed by atoms with Crippen LogP contribution in [0.5, 0.6) is 0 Å². The van der Waals surface area contributed by atoms with Gasteiger partial charge in [-0.25, -0.2) is 0 Å². The van der Waals surface area contributed by atoms with Crippen molar-refractivity contribution in [3.63, 3.8) is 0 Å². The largest absolute Gasteiger partial charge is 0.481 e. The Morgan fingerprint density at radius 3 is 2.29 bits per heavy atom. The third-order valence-electron chi connectivity index (χ3n) is 2.57. The molecule has 0 fully saturated rings. The van der Waals surface area contributed by atoms with Crippen LogP contribution in [-0.4, -0.2) is 15.6 Å². The molecule has 1 heterocycles. The summed E-state index contributed by atoms with van der Waals surface area (Å²) in [5, 5.41) is 8.78. The first-order valence-corrected chi connectivity index (χ1v) is 4.92. The predicted octanol–water partition coefficient (Wildman–Crippen LogP) is 2.53. The van der Waals surface area contributed by atoms with Crippen molar-refractivity contribution in [3.05, 3.63) is 23.5 Å². The van der Waals surface area contributed by atoms with Gasteiger partial charge in [0.1, 0.15) is 0 Å². The smallest absolute Gasteiger partial charge is 0.305 e. The summed E-state index contributed by atoms with van der Waals surface area (Å²) in [4.78, 5) is 10.7. The molecule has 0 saturated carbocycles. The van der Waals surface area contributed by atoms with E-state index in [0.717, 1.165) is 17.8 Å². The van der Waals surface area contributed by atoms with Crippen LogP contribution in [0.15, 0.2) is 12.1 Å². The second-order valence-corrected chi connectivity index (χ2v) is 3.65. The Labute approximate surface area is 84.4 Å². The van der Waals surface area contributed by atoms with Crippen molar-refractivity contribution >= 4 is 5.97 Å². The Bertz CT molecular complexity index is 309. The van der Waals surface area contributed by atoms with Crippen LogP contribution in [0.3, 0.4) is 0 Å². The summed E-state index contributed by atoms with van der Waals surface area (Å²) >= 11 is 0. The number of aryl methyl sites for hydroxylation is 2. The number of aliphatic carboxylic acids is 1. The van der Waals surface area contributed by atoms with Gasteiger partial charge in [0.25, 0.3) is 0 Å². The van der Waals surface area contributed by atoms with Gasteiger partial charge in [0.05, 0.1) is 6.42 Å². The summed E-state index contributed by atoms with van der Waals surface area (Å²) in [7, 11) is 0. The number of hydrogen-bond donors (Lipinski definition) is 1. The number of carboxylic acid groups (broad SMARTS) is 1. The number of hydrogen-bond acceptors (Lipinski definition) is 1. The van der Waals surface area contributed by atoms with E-state index in [0.29, 0.717) is 0 Å². The van der Waals surface area contributed by atoms with E-state index < -0.39 is 5.97 Å². The molecule has 1 atom stereocenters. The lowest BCUT2D eigenvalue weighted by molar-refractivity contribution is -0.137. The minimum Gasteiger partial charge on any atom is -0.481 e. The van der Waals surface area contributed by atoms with Crippen molar-refractivity contribution in [1.82, 2.24) is 4.57 Å². The standard InChI is InChI=1S/C11H17NO2/c1-4-10(7-11(13)14)12-8(2)5-6-9(12)3/h5-6,10H,4,7H2,1-3H3,(H,13,14). The average molecular weight is 195 g/mol. The second kappa shape index (κ2) is 4.31. The molecule has 1 unspecified atom stereocenters. The zero-order chi connectivity index (χ0) is 10.7. The number of carboxylic acids is 1. The molecule has 0 aliphatic rings. The predicted molar refractivity (Wildman–Crippen MR) is 55.5 cm³/mol. The average Bonchev–Trinajstić information content (AvgIpc) is 2.43. The molecule has 1 rings (SSSR count). The third-order valence-corrected chi connectivity index (χ3v) is 2.57. The van der Waals surface area contributed by atoms with Crippen molar-refractivity contribution < 1.29 is 9.90 Å². The molecule has 1 aromatic heterocycles. The summed E-state index contributed by atoms with van der Waals surface area (Å²) in [6.45, 7) is 6.04. The number of carbonyl (C=O) groups is 1. The lowest BCUT2D eigenvalue weighted by Crippen LogP contribution is -2.15. The fraction of sp³-hybridized carbons (Fsp3) is 0.545. The molecule has 0 aliphatic heterocycles. The maximum Gasteiger partial charge on any atom is 0.305 e. The van der Waals surface area contributed by atoms with Gasteiger partial charge in [-0.05, 0) is 32.4 Å². The summed E-state index contributed by atoms with van der Waals surface area (Å²) in [6, 6.07) is 4.14. The van der Waals surface area contributed by atoms with Crippen LogP contribution in [0.4, 0.5) is 0 Å². The summed E-state index contributed by atoms with van der Waals surface area (Å²) in [5.74, 6) is -0.732. The SMILES string of the molecule is CCC(CC(=O)O)n1c(C)ccc1C. The van der Waals surface area contributed by atoms with Crippen LogP contribution in [0.1, 0.15) is 37.2 Å². The topological polar surface area (TPSA) is 42.2 Å². The monoisotopic (exact) mass is 195 g/mol. The van der Waals surface area contributed by atoms with Crippen molar-refractivity contribution in [2.24, 2.45) is 0 Å². The zero-order valence-corrected chi connectivity index (χ0v) is 8.95. The molecule has 14 heavy (non-hydrogen) atoms. The molecule has 1 N–H and O–H groups in total. The fourth-order valence-electron chi connectivity index (χ4n) is 1.88. The Morgan fingerprint density at radius 1 is 1.43 bits per heavy atom. The van der Waals surface area contributed by atoms with E-state index in [2.05, 4.69) is 4.57 Å². The molecule has 3 heteroatoms. The van der Waals surface area contributed by atoms with E-state index in [1.807, 2.05) is 32.9 Å². The Morgan fingerprint density at radius 2 is 1.93 bits per heavy atom. The van der Waals surface area contributed by atoms with E-state index >= 15 is 0 Å². The highest BCUT2D eigenvalue weighted by Crippen LogP contribution is 2.21. The first-order valence-electron chi connectivity index (χ1n) is 4.92. The summed E-state index contributed by atoms with van der Waals surface area (Å²) in [6.07, 6.45) is 1.05. The van der Waals surface area contributed by atoms with Gasteiger partial charge < -0.3 is 9.67 Å². The van der Waals surface area contributed by atoms with Crippen molar-refractivity contribution in [3.8, 4) is 0 Å². The van der Waals surface area contributed by atoms with Crippen molar-refractivity contribution in [2.45, 2.75) is 39.7 Å². The van der Waals surface area contributed by atoms with Crippen LogP contribution in [0, 0.1) is 13.8 Å². The normalized spacial score (nSPS) is 12.8. The van der Waals surface area contributed by atoms with Crippen LogP contribution in [0.2, 0.25) is 0 Å². The molecule has 0 saturated heterocycles. The second-order valence-electron chi connectivity index (χ2n) is 3.65. The molecule has 0 bridgehead atoms. The van der Waals surface area contributed by atoms with Gasteiger partial charge in [-0.15, -0.1) is 0 Å². The molecule has 78 valence electrons. The van der Waals surface area contributed by atoms with Gasteiger partial charge in [-0.3, -0.25) is 4.79 Å². The van der Waals surface area contributed by atoms with Gasteiger partial charge in [-0.1, -0.05) is 6.92 Å². The minimum atomic E-state index is -0.732. The summed E-state index contributed by atoms with van der Waals surface area (Å²) in [5.41, 5.74) is 2.27. The van der Waals surface area contributed by atoms with E-state index in [-0.39, 0.29) is 12.5 Å². The first-order chi connectivity index (χ1) is 6.56. The van der Waals surface area contributed by atoms with Gasteiger partial charge in [0.15, 0.2) is 0 Å². The van der Waals surface area contributed by atoms with Gasteiger partial charge >= 0.3 is 5.97 Å². The van der Waals surface area contributed by atoms with Crippen molar-refractivity contribution in [1.29, 1.82) is 0 Å². The lowest BCUT2D eigenvalue weighted by Gasteiger charge is -2.19. The number of aromatic nitrogens is 1. The van der Waals surface area contributed by atoms with Gasteiger partial charge in [0, 0.05) is 17.4 Å². The van der Waals surface area contributed by atoms with E-state index in [4.69, 9.17) is 5.11 Å². The molecular weight excluding hydrogens is 178 g/mol. The van der Waals surface area contributed by atoms with Crippen LogP contribution in [0.25, 0.3) is 0 Å². The van der Waals surface area contributed by atoms with Crippen molar-refractivity contribution in [2.75, 3.05) is 0 Å². The highest BCUT2D eigenvalue weighted by atomic mass is 16.4. The molecule has 0 radical (unpaired) electrons. The van der Waals surface area contributed by atoms with E-state index in [9.17, 15) is 4.79 Å². The van der Waals surface area contributed by atoms with Crippen LogP contribution < -0.4 is 0 Å². The van der Waals surface area contributed by atoms with Gasteiger partial charge in [-0.2, -0.15) is 0 Å². The Balaban J connectivity index is 2.94. The zero-order valence-electron chi connectivity index (χ0n) is 8.95. The van der Waals surface area contributed by atoms with Gasteiger partial charge in [0.2, 0.25) is 0 Å². The van der Waals surface area contributed by atoms with Crippen LogP contribution >= 0.6 is 0 Å². The van der Waals surface area contributed by atoms with E-state index in [1.54, 1.807) is 0 Å². The molecule has 0 aliphatic carbocycles. The fourth-order valence-corrected chi connectivity index (χ4v) is 1.88. The first kappa shape index (κ1) is 10.8. The highest BCUT2D eigenvalue weighted by Gasteiger charge is 2.15. The maximum atomic E-state index is 10.7. The maximum absolute atomic E-state index is 10.7. The molecule has 1 aromatic rings. The van der Waals surface area contributed by atoms with Crippen LogP contribution in [-0.2, 0) is 4.79 Å². The Kier molecular flexibility index (Phi) is 3.33. The molecule has 0 aromatic carbocycles. The Hall–Kier alpha value is -1.25.